The molecule has 2 fully saturated rings. The minimum atomic E-state index is -1.32. The van der Waals surface area contributed by atoms with Gasteiger partial charge in [-0.1, -0.05) is 38.1 Å². The van der Waals surface area contributed by atoms with Crippen LogP contribution in [0.15, 0.2) is 41.3 Å². The number of carboxylic acid groups (broad SMARTS) is 1. The van der Waals surface area contributed by atoms with Crippen molar-refractivity contribution in [3.05, 3.63) is 69.3 Å². The number of nitrogens with two attached hydrogens (primary N) is 1. The summed E-state index contributed by atoms with van der Waals surface area (Å²) in [4.78, 5) is 30.6. The van der Waals surface area contributed by atoms with Gasteiger partial charge in [-0.05, 0) is 36.0 Å². The predicted octanol–water partition coefficient (Wildman–Crippen LogP) is 3.62. The van der Waals surface area contributed by atoms with Gasteiger partial charge in [0.25, 0.3) is 0 Å². The molecule has 0 bridgehead atoms. The van der Waals surface area contributed by atoms with E-state index in [1.54, 1.807) is 4.57 Å². The average molecular weight is 451 g/mol. The van der Waals surface area contributed by atoms with Gasteiger partial charge in [-0.15, -0.1) is 0 Å². The fourth-order valence-electron chi connectivity index (χ4n) is 4.73. The van der Waals surface area contributed by atoms with E-state index in [0.717, 1.165) is 24.5 Å². The van der Waals surface area contributed by atoms with Crippen molar-refractivity contribution in [3.8, 4) is 0 Å². The van der Waals surface area contributed by atoms with Gasteiger partial charge in [-0.25, -0.2) is 14.2 Å². The molecule has 1 aliphatic heterocycles. The molecule has 172 valence electrons. The first-order valence-electron chi connectivity index (χ1n) is 11.3. The topological polar surface area (TPSA) is 101 Å². The van der Waals surface area contributed by atoms with Crippen molar-refractivity contribution in [2.24, 2.45) is 5.73 Å². The summed E-state index contributed by atoms with van der Waals surface area (Å²) in [6, 6.07) is 9.41. The number of fused-ring (bicyclic) bond motifs is 1. The van der Waals surface area contributed by atoms with Gasteiger partial charge in [0, 0.05) is 37.3 Å². The van der Waals surface area contributed by atoms with Crippen LogP contribution in [0.5, 0.6) is 0 Å². The molecule has 3 aromatic rings. The van der Waals surface area contributed by atoms with Gasteiger partial charge >= 0.3 is 5.97 Å². The Morgan fingerprint density at radius 1 is 1.21 bits per heavy atom. The predicted molar refractivity (Wildman–Crippen MR) is 125 cm³/mol. The Bertz CT molecular complexity index is 1300. The monoisotopic (exact) mass is 450 g/mol. The van der Waals surface area contributed by atoms with Gasteiger partial charge < -0.3 is 20.3 Å². The number of carbonyl (C=O) groups is 1. The Morgan fingerprint density at radius 2 is 1.91 bits per heavy atom. The second kappa shape index (κ2) is 7.95. The molecule has 2 aromatic heterocycles. The largest absolute Gasteiger partial charge is 0.477 e. The zero-order chi connectivity index (χ0) is 23.4. The number of aromatic carboxylic acids is 1. The Kier molecular flexibility index (Phi) is 5.20. The van der Waals surface area contributed by atoms with E-state index >= 15 is 4.39 Å². The number of halogens is 1. The summed E-state index contributed by atoms with van der Waals surface area (Å²) in [7, 11) is 0. The maximum Gasteiger partial charge on any atom is 0.341 e. The second-order valence-corrected chi connectivity index (χ2v) is 9.48. The van der Waals surface area contributed by atoms with E-state index in [0.29, 0.717) is 24.7 Å². The molecule has 1 saturated heterocycles. The first-order valence-corrected chi connectivity index (χ1v) is 11.3. The first-order chi connectivity index (χ1) is 15.7. The van der Waals surface area contributed by atoms with Crippen molar-refractivity contribution >= 4 is 22.8 Å². The normalized spacial score (nSPS) is 20.7. The van der Waals surface area contributed by atoms with Gasteiger partial charge in [0.1, 0.15) is 11.2 Å². The van der Waals surface area contributed by atoms with E-state index in [9.17, 15) is 14.7 Å². The Hall–Kier alpha value is -3.26. The van der Waals surface area contributed by atoms with Crippen LogP contribution in [0.25, 0.3) is 11.0 Å². The molecule has 3 N–H and O–H groups in total. The summed E-state index contributed by atoms with van der Waals surface area (Å²) in [6.07, 6.45) is 3.08. The lowest BCUT2D eigenvalue weighted by Gasteiger charge is -2.20. The van der Waals surface area contributed by atoms with Crippen LogP contribution in [0.2, 0.25) is 0 Å². The summed E-state index contributed by atoms with van der Waals surface area (Å²) >= 11 is 0. The molecule has 33 heavy (non-hydrogen) atoms. The van der Waals surface area contributed by atoms with Crippen LogP contribution >= 0.6 is 0 Å². The van der Waals surface area contributed by atoms with Crippen LogP contribution in [0.1, 0.15) is 66.1 Å². The summed E-state index contributed by atoms with van der Waals surface area (Å²) in [5.41, 5.74) is 8.06. The van der Waals surface area contributed by atoms with Crippen LogP contribution in [-0.4, -0.2) is 39.8 Å². The van der Waals surface area contributed by atoms with Gasteiger partial charge in [0.15, 0.2) is 11.6 Å². The zero-order valence-electron chi connectivity index (χ0n) is 18.7. The average Bonchev–Trinajstić information content (AvgIpc) is 3.55. The van der Waals surface area contributed by atoms with E-state index < -0.39 is 17.2 Å². The van der Waals surface area contributed by atoms with Crippen molar-refractivity contribution in [1.29, 1.82) is 0 Å². The summed E-state index contributed by atoms with van der Waals surface area (Å²) < 4.78 is 16.9. The van der Waals surface area contributed by atoms with Crippen molar-refractivity contribution < 1.29 is 14.3 Å². The maximum atomic E-state index is 15.2. The molecule has 0 spiro atoms. The lowest BCUT2D eigenvalue weighted by Crippen LogP contribution is -2.29. The first kappa shape index (κ1) is 21.6. The molecular formula is C25H27FN4O3. The quantitative estimate of drug-likeness (QED) is 0.616. The smallest absolute Gasteiger partial charge is 0.341 e. The summed E-state index contributed by atoms with van der Waals surface area (Å²) in [5.74, 6) is -1.35. The molecule has 1 saturated carbocycles. The molecule has 3 heterocycles. The van der Waals surface area contributed by atoms with E-state index in [1.807, 2.05) is 4.90 Å². The van der Waals surface area contributed by atoms with Crippen LogP contribution in [0.4, 0.5) is 10.2 Å². The Morgan fingerprint density at radius 3 is 2.52 bits per heavy atom. The number of hydrogen-bond donors (Lipinski definition) is 2. The SMILES string of the molecule is CC(C)c1ccc([C@H]2CN(c3nc4c(cc3F)c(=O)c(C(=O)O)cn4C3CC3)C[C@@H]2N)cc1. The highest BCUT2D eigenvalue weighted by Gasteiger charge is 2.34. The number of nitrogens with zero attached hydrogens (tertiary/aromatic N) is 3. The molecule has 2 atom stereocenters. The fraction of sp³-hybridized carbons (Fsp3) is 0.400. The van der Waals surface area contributed by atoms with E-state index in [1.165, 1.54) is 11.8 Å². The molecule has 0 unspecified atom stereocenters. The van der Waals surface area contributed by atoms with Gasteiger partial charge in [-0.2, -0.15) is 0 Å². The molecule has 7 nitrogen and oxygen atoms in total. The molecule has 1 aliphatic carbocycles. The third-order valence-corrected chi connectivity index (χ3v) is 6.81. The Balaban J connectivity index is 1.53. The van der Waals surface area contributed by atoms with Crippen LogP contribution in [0, 0.1) is 5.82 Å². The van der Waals surface area contributed by atoms with E-state index in [-0.39, 0.29) is 34.8 Å². The lowest BCUT2D eigenvalue weighted by atomic mass is 9.92. The van der Waals surface area contributed by atoms with Crippen molar-refractivity contribution in [2.75, 3.05) is 18.0 Å². The summed E-state index contributed by atoms with van der Waals surface area (Å²) in [5, 5.41) is 9.41. The van der Waals surface area contributed by atoms with Crippen LogP contribution in [-0.2, 0) is 0 Å². The third kappa shape index (κ3) is 3.78. The molecule has 5 rings (SSSR count). The third-order valence-electron chi connectivity index (χ3n) is 6.81. The molecule has 0 amide bonds. The van der Waals surface area contributed by atoms with Gasteiger partial charge in [0.2, 0.25) is 5.43 Å². The molecule has 1 aromatic carbocycles. The molecular weight excluding hydrogens is 423 g/mol. The van der Waals surface area contributed by atoms with Crippen LogP contribution in [0.3, 0.4) is 0 Å². The zero-order valence-corrected chi connectivity index (χ0v) is 18.7. The molecule has 8 heteroatoms. The number of rotatable bonds is 5. The van der Waals surface area contributed by atoms with Crippen LogP contribution < -0.4 is 16.1 Å². The highest BCUT2D eigenvalue weighted by Crippen LogP contribution is 2.38. The van der Waals surface area contributed by atoms with Crippen molar-refractivity contribution in [3.63, 3.8) is 0 Å². The minimum Gasteiger partial charge on any atom is -0.477 e. The number of pyridine rings is 2. The Labute approximate surface area is 190 Å². The number of anilines is 1. The highest BCUT2D eigenvalue weighted by molar-refractivity contribution is 5.92. The van der Waals surface area contributed by atoms with Crippen molar-refractivity contribution in [1.82, 2.24) is 9.55 Å². The minimum absolute atomic E-state index is 0.00707. The van der Waals surface area contributed by atoms with E-state index in [2.05, 4.69) is 43.1 Å². The number of carboxylic acids is 1. The van der Waals surface area contributed by atoms with Crippen molar-refractivity contribution in [2.45, 2.75) is 50.6 Å². The van der Waals surface area contributed by atoms with Gasteiger partial charge in [0.05, 0.1) is 5.39 Å². The molecule has 0 radical (unpaired) electrons. The number of benzene rings is 1. The standard InChI is InChI=1S/C25H27FN4O3/c1-13(2)14-3-5-15(6-4-14)18-10-29(12-21(18)27)24-20(26)9-17-22(31)19(25(32)33)11-30(16-7-8-16)23(17)28-24/h3-6,9,11,13,16,18,21H,7-8,10,12,27H2,1-2H3,(H,32,33)/t18-,21+/m1/s1. The number of hydrogen-bond acceptors (Lipinski definition) is 5. The van der Waals surface area contributed by atoms with Gasteiger partial charge in [-0.3, -0.25) is 4.79 Å². The number of aromatic nitrogens is 2. The summed E-state index contributed by atoms with van der Waals surface area (Å²) in [6.45, 7) is 5.24. The highest BCUT2D eigenvalue weighted by atomic mass is 19.1. The second-order valence-electron chi connectivity index (χ2n) is 9.48. The maximum absolute atomic E-state index is 15.2. The molecule has 2 aliphatic rings. The fourth-order valence-corrected chi connectivity index (χ4v) is 4.73. The van der Waals surface area contributed by atoms with E-state index in [4.69, 9.17) is 5.73 Å². The lowest BCUT2D eigenvalue weighted by molar-refractivity contribution is 0.0695.